The molecule has 0 bridgehead atoms. The lowest BCUT2D eigenvalue weighted by Gasteiger charge is -2.31. The van der Waals surface area contributed by atoms with Gasteiger partial charge < -0.3 is 10.1 Å². The molecule has 0 aliphatic heterocycles. The van der Waals surface area contributed by atoms with Crippen LogP contribution in [0.4, 0.5) is 9.18 Å². The number of rotatable bonds is 4. The van der Waals surface area contributed by atoms with E-state index >= 15 is 0 Å². The van der Waals surface area contributed by atoms with E-state index in [9.17, 15) is 18.8 Å². The molecule has 4 aromatic rings. The summed E-state index contributed by atoms with van der Waals surface area (Å²) in [7, 11) is 0. The first-order valence-electron chi connectivity index (χ1n) is 13.5. The molecule has 9 heteroatoms. The predicted molar refractivity (Wildman–Crippen MR) is 152 cm³/mol. The first kappa shape index (κ1) is 27.3. The molecule has 40 heavy (non-hydrogen) atoms. The Morgan fingerprint density at radius 1 is 1.00 bits per heavy atom. The predicted octanol–water partition coefficient (Wildman–Crippen LogP) is 5.67. The fourth-order valence-corrected chi connectivity index (χ4v) is 5.26. The number of nitrogens with one attached hydrogen (secondary N) is 1. The molecule has 1 amide bonds. The average molecular weight is 545 g/mol. The van der Waals surface area contributed by atoms with Crippen LogP contribution in [0.2, 0.25) is 0 Å². The zero-order valence-electron chi connectivity index (χ0n) is 23.1. The van der Waals surface area contributed by atoms with Crippen molar-refractivity contribution >= 4 is 17.1 Å². The van der Waals surface area contributed by atoms with Gasteiger partial charge in [0, 0.05) is 12.1 Å². The smallest absolute Gasteiger partial charge is 0.407 e. The highest BCUT2D eigenvalue weighted by atomic mass is 19.1. The van der Waals surface area contributed by atoms with Gasteiger partial charge in [0.1, 0.15) is 11.4 Å². The number of aryl methyl sites for hydroxylation is 1. The van der Waals surface area contributed by atoms with Crippen molar-refractivity contribution in [1.82, 2.24) is 19.4 Å². The summed E-state index contributed by atoms with van der Waals surface area (Å²) in [6.07, 6.45) is 2.65. The lowest BCUT2D eigenvalue weighted by molar-refractivity contribution is 0.0487. The third kappa shape index (κ3) is 5.68. The number of carbonyl (C=O) groups is 1. The molecule has 2 aromatic heterocycles. The van der Waals surface area contributed by atoms with E-state index in [1.165, 1.54) is 9.13 Å². The highest BCUT2D eigenvalue weighted by Crippen LogP contribution is 2.28. The largest absolute Gasteiger partial charge is 0.444 e. The van der Waals surface area contributed by atoms with Gasteiger partial charge in [0.2, 0.25) is 0 Å². The fraction of sp³-hybridized carbons (Fsp3) is 0.355. The number of fused-ring (bicyclic) bond motifs is 1. The van der Waals surface area contributed by atoms with Gasteiger partial charge in [0.05, 0.1) is 17.3 Å². The Morgan fingerprint density at radius 2 is 1.70 bits per heavy atom. The Labute approximate surface area is 231 Å². The van der Waals surface area contributed by atoms with E-state index in [1.807, 2.05) is 49.4 Å². The minimum atomic E-state index is -0.653. The van der Waals surface area contributed by atoms with Crippen molar-refractivity contribution in [2.45, 2.75) is 71.1 Å². The Hall–Kier alpha value is -4.27. The lowest BCUT2D eigenvalue weighted by atomic mass is 9.91. The summed E-state index contributed by atoms with van der Waals surface area (Å²) in [4.78, 5) is 44.0. The monoisotopic (exact) mass is 544 g/mol. The van der Waals surface area contributed by atoms with Gasteiger partial charge in [-0.2, -0.15) is 0 Å². The zero-order valence-corrected chi connectivity index (χ0v) is 23.1. The van der Waals surface area contributed by atoms with Crippen LogP contribution < -0.4 is 16.6 Å². The molecule has 1 aliphatic rings. The topological polar surface area (TPSA) is 95.2 Å². The van der Waals surface area contributed by atoms with Gasteiger partial charge in [-0.05, 0) is 82.7 Å². The van der Waals surface area contributed by atoms with E-state index in [-0.39, 0.29) is 17.1 Å². The fourth-order valence-electron chi connectivity index (χ4n) is 5.26. The number of halogens is 1. The molecule has 0 saturated heterocycles. The van der Waals surface area contributed by atoms with E-state index in [4.69, 9.17) is 4.74 Å². The molecule has 2 heterocycles. The molecule has 1 N–H and O–H groups in total. The Balaban J connectivity index is 1.53. The number of aromatic nitrogens is 3. The molecule has 2 aromatic carbocycles. The number of hydrogen-bond donors (Lipinski definition) is 1. The van der Waals surface area contributed by atoms with Crippen LogP contribution in [0.1, 0.15) is 58.1 Å². The van der Waals surface area contributed by atoms with E-state index in [1.54, 1.807) is 26.8 Å². The second kappa shape index (κ2) is 10.7. The highest BCUT2D eigenvalue weighted by molar-refractivity contribution is 5.76. The maximum absolute atomic E-state index is 14.3. The van der Waals surface area contributed by atoms with E-state index in [0.29, 0.717) is 31.4 Å². The van der Waals surface area contributed by atoms with Crippen molar-refractivity contribution in [3.63, 3.8) is 0 Å². The van der Waals surface area contributed by atoms with Gasteiger partial charge in [-0.1, -0.05) is 42.0 Å². The van der Waals surface area contributed by atoms with Crippen molar-refractivity contribution < 1.29 is 13.9 Å². The molecule has 0 radical (unpaired) electrons. The average Bonchev–Trinajstić information content (AvgIpc) is 2.90. The van der Waals surface area contributed by atoms with Gasteiger partial charge in [-0.15, -0.1) is 0 Å². The number of amides is 1. The third-order valence-corrected chi connectivity index (χ3v) is 7.16. The summed E-state index contributed by atoms with van der Waals surface area (Å²) in [6.45, 7) is 7.42. The second-order valence-electron chi connectivity index (χ2n) is 11.4. The molecule has 1 saturated carbocycles. The lowest BCUT2D eigenvalue weighted by Crippen LogP contribution is -2.45. The van der Waals surface area contributed by atoms with Crippen molar-refractivity contribution in [2.75, 3.05) is 0 Å². The summed E-state index contributed by atoms with van der Waals surface area (Å²) in [6, 6.07) is 16.1. The normalized spacial score (nSPS) is 17.5. The molecule has 0 unspecified atom stereocenters. The second-order valence-corrected chi connectivity index (χ2v) is 11.4. The molecule has 0 atom stereocenters. The van der Waals surface area contributed by atoms with Crippen molar-refractivity contribution in [1.29, 1.82) is 0 Å². The molecule has 1 aliphatic carbocycles. The van der Waals surface area contributed by atoms with Gasteiger partial charge in [0.25, 0.3) is 5.56 Å². The van der Waals surface area contributed by atoms with Crippen LogP contribution in [0.5, 0.6) is 0 Å². The van der Waals surface area contributed by atoms with E-state index in [2.05, 4.69) is 10.3 Å². The number of nitrogens with zero attached hydrogens (tertiary/aromatic N) is 3. The van der Waals surface area contributed by atoms with Gasteiger partial charge in [-0.25, -0.2) is 23.5 Å². The van der Waals surface area contributed by atoms with E-state index < -0.39 is 34.8 Å². The van der Waals surface area contributed by atoms with Crippen LogP contribution in [0.25, 0.3) is 27.8 Å². The summed E-state index contributed by atoms with van der Waals surface area (Å²) in [5.74, 6) is -0.653. The number of carbonyl (C=O) groups excluding carboxylic acids is 1. The number of hydrogen-bond acceptors (Lipinski definition) is 5. The third-order valence-electron chi connectivity index (χ3n) is 7.16. The molecule has 8 nitrogen and oxygen atoms in total. The minimum absolute atomic E-state index is 0.0364. The molecule has 0 spiro atoms. The Kier molecular flexibility index (Phi) is 7.31. The van der Waals surface area contributed by atoms with Gasteiger partial charge in [0.15, 0.2) is 5.65 Å². The van der Waals surface area contributed by atoms with Crippen molar-refractivity contribution in [2.24, 2.45) is 0 Å². The van der Waals surface area contributed by atoms with E-state index in [0.717, 1.165) is 29.0 Å². The molecule has 208 valence electrons. The number of ether oxygens (including phenoxy) is 1. The van der Waals surface area contributed by atoms with Crippen LogP contribution >= 0.6 is 0 Å². The van der Waals surface area contributed by atoms with Crippen LogP contribution in [-0.2, 0) is 4.74 Å². The summed E-state index contributed by atoms with van der Waals surface area (Å²) < 4.78 is 22.3. The number of pyridine rings is 1. The standard InChI is InChI=1S/C31H33FN4O4/c1-19-8-10-20(11-9-19)21-6-5-7-25(16-21)35-27-26(17-22(32)18-33-27)28(37)36(30(35)39)24-14-12-23(13-15-24)34-29(38)40-31(2,3)4/h5-11,16-18,23-24H,12-15H2,1-4H3,(H,34,38). The summed E-state index contributed by atoms with van der Waals surface area (Å²) in [5.41, 5.74) is 1.94. The minimum Gasteiger partial charge on any atom is -0.444 e. The van der Waals surface area contributed by atoms with Crippen molar-refractivity contribution in [3.05, 3.63) is 93.0 Å². The quantitative estimate of drug-likeness (QED) is 0.357. The highest BCUT2D eigenvalue weighted by Gasteiger charge is 2.29. The SMILES string of the molecule is Cc1ccc(-c2cccc(-n3c(=O)n(C4CCC(NC(=O)OC(C)(C)C)CC4)c(=O)c4cc(F)cnc43)c2)cc1. The maximum atomic E-state index is 14.3. The van der Waals surface area contributed by atoms with Crippen LogP contribution in [0.3, 0.4) is 0 Å². The summed E-state index contributed by atoms with van der Waals surface area (Å²) >= 11 is 0. The van der Waals surface area contributed by atoms with Crippen LogP contribution in [0.15, 0.2) is 70.4 Å². The first-order chi connectivity index (χ1) is 19.0. The first-order valence-corrected chi connectivity index (χ1v) is 13.5. The van der Waals surface area contributed by atoms with Crippen LogP contribution in [0, 0.1) is 12.7 Å². The maximum Gasteiger partial charge on any atom is 0.407 e. The van der Waals surface area contributed by atoms with Gasteiger partial charge >= 0.3 is 11.8 Å². The molecule has 5 rings (SSSR count). The zero-order chi connectivity index (χ0) is 28.6. The number of benzene rings is 2. The number of alkyl carbamates (subject to hydrolysis) is 1. The summed E-state index contributed by atoms with van der Waals surface area (Å²) in [5, 5.41) is 2.92. The van der Waals surface area contributed by atoms with Gasteiger partial charge in [-0.3, -0.25) is 9.36 Å². The van der Waals surface area contributed by atoms with Crippen molar-refractivity contribution in [3.8, 4) is 16.8 Å². The Morgan fingerprint density at radius 3 is 2.38 bits per heavy atom. The van der Waals surface area contributed by atoms with Crippen LogP contribution in [-0.4, -0.2) is 31.9 Å². The molecular formula is C31H33FN4O4. The molecular weight excluding hydrogens is 511 g/mol. The molecule has 1 fully saturated rings. The Bertz CT molecular complexity index is 1680.